The van der Waals surface area contributed by atoms with Gasteiger partial charge in [-0.25, -0.2) is 4.79 Å². The lowest BCUT2D eigenvalue weighted by molar-refractivity contribution is -0.344. The first-order valence-corrected chi connectivity index (χ1v) is 21.2. The van der Waals surface area contributed by atoms with Crippen molar-refractivity contribution in [3.8, 4) is 0 Å². The van der Waals surface area contributed by atoms with Gasteiger partial charge in [0.15, 0.2) is 19.7 Å². The number of ether oxygens (including phenoxy) is 5. The minimum Gasteiger partial charge on any atom is -0.455 e. The molecule has 0 aromatic heterocycles. The second-order valence-corrected chi connectivity index (χ2v) is 20.3. The van der Waals surface area contributed by atoms with Crippen molar-refractivity contribution in [2.75, 3.05) is 26.4 Å². The van der Waals surface area contributed by atoms with Crippen LogP contribution in [-0.4, -0.2) is 104 Å². The summed E-state index contributed by atoms with van der Waals surface area (Å²) in [7, 11) is -2.43. The number of hydrogen-bond acceptors (Lipinski definition) is 11. The summed E-state index contributed by atoms with van der Waals surface area (Å²) in [6.07, 6.45) is -5.31. The fraction of sp³-hybridized carbons (Fsp3) is 0.718. The number of carbonyl (C=O) groups excluding carboxylic acids is 3. The normalized spacial score (nSPS) is 35.9. The Morgan fingerprint density at radius 3 is 2.22 bits per heavy atom. The lowest BCUT2D eigenvalue weighted by Crippen LogP contribution is -2.82. The number of ketones is 1. The van der Waals surface area contributed by atoms with Crippen LogP contribution in [0.1, 0.15) is 85.5 Å². The summed E-state index contributed by atoms with van der Waals surface area (Å²) in [5.74, 6) is -2.82. The number of benzene rings is 1. The first-order valence-electron chi connectivity index (χ1n) is 18.6. The summed E-state index contributed by atoms with van der Waals surface area (Å²) in [5.41, 5.74) is -5.08. The third-order valence-corrected chi connectivity index (χ3v) is 17.6. The molecule has 1 saturated heterocycles. The number of aliphatic hydroxyl groups excluding tert-OH is 1. The van der Waals surface area contributed by atoms with Crippen LogP contribution in [0.5, 0.6) is 0 Å². The molecule has 1 aliphatic heterocycles. The molecular formula is C39H58O11Si. The van der Waals surface area contributed by atoms with Crippen LogP contribution in [0.2, 0.25) is 18.1 Å². The predicted molar refractivity (Wildman–Crippen MR) is 191 cm³/mol. The summed E-state index contributed by atoms with van der Waals surface area (Å²) >= 11 is 0. The van der Waals surface area contributed by atoms with Crippen LogP contribution >= 0.6 is 0 Å². The first-order chi connectivity index (χ1) is 24.0. The summed E-state index contributed by atoms with van der Waals surface area (Å²) in [4.78, 5) is 43.1. The van der Waals surface area contributed by atoms with E-state index in [9.17, 15) is 19.8 Å². The van der Waals surface area contributed by atoms with Crippen LogP contribution in [0.3, 0.4) is 0 Å². The van der Waals surface area contributed by atoms with Gasteiger partial charge in [0.2, 0.25) is 0 Å². The number of hydrogen-bond donors (Lipinski definition) is 2. The van der Waals surface area contributed by atoms with Crippen LogP contribution in [0.15, 0.2) is 41.5 Å². The SMILES string of the molecule is CCOCCO[C@H]1C(=O)[C@@]2(C)C([C@H](OC(=O)c3ccccc3)[C@]3(O)C[C@H](O)C(C)=C1C3(C)C)[C@]1(OC(C)=O)CO[C@@H]1C[C@@H]2O[Si](CC)(CC)CC. The van der Waals surface area contributed by atoms with Crippen LogP contribution in [-0.2, 0) is 37.7 Å². The number of rotatable bonds is 13. The third kappa shape index (κ3) is 6.36. The molecule has 2 N–H and O–H groups in total. The van der Waals surface area contributed by atoms with E-state index in [1.54, 1.807) is 58.0 Å². The zero-order valence-electron chi connectivity index (χ0n) is 31.8. The lowest BCUT2D eigenvalue weighted by Gasteiger charge is -2.68. The highest BCUT2D eigenvalue weighted by Crippen LogP contribution is 2.65. The molecule has 9 atom stereocenters. The first kappa shape index (κ1) is 39.7. The fourth-order valence-corrected chi connectivity index (χ4v) is 12.6. The Morgan fingerprint density at radius 2 is 1.67 bits per heavy atom. The zero-order valence-corrected chi connectivity index (χ0v) is 32.8. The van der Waals surface area contributed by atoms with Crippen molar-refractivity contribution in [2.45, 2.75) is 135 Å². The van der Waals surface area contributed by atoms with Gasteiger partial charge in [0.05, 0.1) is 48.9 Å². The van der Waals surface area contributed by atoms with Crippen molar-refractivity contribution in [2.24, 2.45) is 16.7 Å². The molecule has 4 aliphatic rings. The average molecular weight is 731 g/mol. The molecule has 0 amide bonds. The Labute approximate surface area is 303 Å². The molecule has 1 aromatic carbocycles. The van der Waals surface area contributed by atoms with Crippen molar-refractivity contribution < 1.29 is 52.7 Å². The van der Waals surface area contributed by atoms with Crippen molar-refractivity contribution in [3.63, 3.8) is 0 Å². The van der Waals surface area contributed by atoms with E-state index in [0.717, 1.165) is 18.1 Å². The smallest absolute Gasteiger partial charge is 0.338 e. The molecule has 284 valence electrons. The van der Waals surface area contributed by atoms with E-state index < -0.39 is 78.7 Å². The van der Waals surface area contributed by atoms with Gasteiger partial charge in [-0.15, -0.1) is 0 Å². The van der Waals surface area contributed by atoms with E-state index in [1.165, 1.54) is 6.92 Å². The molecule has 2 bridgehead atoms. The standard InChI is InChI=1S/C39H58O11Si/c1-10-45-19-20-46-31-30-24(5)27(41)22-39(44,36(30,7)8)34(48-35(43)26-17-15-14-16-18-26)32-37(9,33(31)42)28(50-51(11-2,12-3)13-4)21-29-38(32,23-47-29)49-25(6)40/h14-18,27-29,31-32,34,41,44H,10-13,19-23H2,1-9H3/t27-,28-,29+,31+,32?,34-,37+,38-,39+/m0/s1. The van der Waals surface area contributed by atoms with Crippen molar-refractivity contribution in [3.05, 3.63) is 47.0 Å². The van der Waals surface area contributed by atoms with Crippen LogP contribution in [0, 0.1) is 16.7 Å². The highest BCUT2D eigenvalue weighted by molar-refractivity contribution is 6.73. The summed E-state index contributed by atoms with van der Waals surface area (Å²) in [6, 6.07) is 10.9. The number of carbonyl (C=O) groups is 3. The van der Waals surface area contributed by atoms with Crippen molar-refractivity contribution >= 4 is 26.0 Å². The second kappa shape index (κ2) is 14.8. The van der Waals surface area contributed by atoms with Gasteiger partial charge in [0.1, 0.15) is 23.9 Å². The highest BCUT2D eigenvalue weighted by atomic mass is 28.4. The lowest BCUT2D eigenvalue weighted by atomic mass is 9.44. The van der Waals surface area contributed by atoms with E-state index >= 15 is 4.79 Å². The van der Waals surface area contributed by atoms with E-state index in [-0.39, 0.29) is 44.0 Å². The molecule has 5 rings (SSSR count). The molecule has 1 unspecified atom stereocenters. The molecule has 51 heavy (non-hydrogen) atoms. The quantitative estimate of drug-likeness (QED) is 0.120. The average Bonchev–Trinajstić information content (AvgIpc) is 3.09. The van der Waals surface area contributed by atoms with Gasteiger partial charge < -0.3 is 38.3 Å². The summed E-state index contributed by atoms with van der Waals surface area (Å²) in [5, 5.41) is 25.1. The van der Waals surface area contributed by atoms with Gasteiger partial charge in [-0.05, 0) is 62.2 Å². The molecule has 0 radical (unpaired) electrons. The minimum atomic E-state index is -2.43. The van der Waals surface area contributed by atoms with Crippen LogP contribution < -0.4 is 0 Å². The maximum Gasteiger partial charge on any atom is 0.338 e. The van der Waals surface area contributed by atoms with Gasteiger partial charge in [-0.2, -0.15) is 0 Å². The van der Waals surface area contributed by atoms with Crippen LogP contribution in [0.25, 0.3) is 0 Å². The fourth-order valence-electron chi connectivity index (χ4n) is 9.61. The highest BCUT2D eigenvalue weighted by Gasteiger charge is 2.78. The Kier molecular flexibility index (Phi) is 11.5. The minimum absolute atomic E-state index is 0.0721. The maximum atomic E-state index is 15.9. The topological polar surface area (TPSA) is 147 Å². The number of aliphatic hydroxyl groups is 2. The maximum absolute atomic E-state index is 15.9. The van der Waals surface area contributed by atoms with E-state index in [2.05, 4.69) is 20.8 Å². The molecular weight excluding hydrogens is 673 g/mol. The van der Waals surface area contributed by atoms with Crippen molar-refractivity contribution in [1.29, 1.82) is 0 Å². The zero-order chi connectivity index (χ0) is 37.6. The van der Waals surface area contributed by atoms with Gasteiger partial charge in [-0.1, -0.05) is 52.8 Å². The van der Waals surface area contributed by atoms with Gasteiger partial charge in [-0.3, -0.25) is 9.59 Å². The molecule has 0 spiro atoms. The molecule has 2 saturated carbocycles. The van der Waals surface area contributed by atoms with Gasteiger partial charge in [0, 0.05) is 31.8 Å². The molecule has 3 aliphatic carbocycles. The molecule has 12 heteroatoms. The molecule has 11 nitrogen and oxygen atoms in total. The van der Waals surface area contributed by atoms with Gasteiger partial charge in [0.25, 0.3) is 0 Å². The Hall–Kier alpha value is -2.45. The Balaban J connectivity index is 1.84. The number of esters is 2. The van der Waals surface area contributed by atoms with E-state index in [0.29, 0.717) is 17.8 Å². The van der Waals surface area contributed by atoms with E-state index in [4.69, 9.17) is 28.1 Å². The summed E-state index contributed by atoms with van der Waals surface area (Å²) < 4.78 is 38.4. The second-order valence-electron chi connectivity index (χ2n) is 15.6. The van der Waals surface area contributed by atoms with E-state index in [1.807, 2.05) is 6.92 Å². The molecule has 1 aromatic rings. The number of Topliss-reactive ketones (excluding diaryl/α,β-unsaturated/α-hetero) is 1. The third-order valence-electron chi connectivity index (χ3n) is 12.9. The Bertz CT molecular complexity index is 1480. The number of fused-ring (bicyclic) bond motifs is 5. The summed E-state index contributed by atoms with van der Waals surface area (Å²) in [6.45, 7) is 17.3. The van der Waals surface area contributed by atoms with Crippen LogP contribution in [0.4, 0.5) is 0 Å². The Morgan fingerprint density at radius 1 is 1.02 bits per heavy atom. The largest absolute Gasteiger partial charge is 0.455 e. The predicted octanol–water partition coefficient (Wildman–Crippen LogP) is 5.17. The molecule has 3 fully saturated rings. The monoisotopic (exact) mass is 730 g/mol. The van der Waals surface area contributed by atoms with Crippen molar-refractivity contribution in [1.82, 2.24) is 0 Å². The van der Waals surface area contributed by atoms with Gasteiger partial charge >= 0.3 is 11.9 Å². The molecule has 1 heterocycles.